The van der Waals surface area contributed by atoms with E-state index in [1.165, 1.54) is 11.1 Å². The third-order valence-corrected chi connectivity index (χ3v) is 4.74. The van der Waals surface area contributed by atoms with Crippen molar-refractivity contribution >= 4 is 5.91 Å². The fourth-order valence-electron chi connectivity index (χ4n) is 3.12. The summed E-state index contributed by atoms with van der Waals surface area (Å²) in [6.45, 7) is 4.14. The molecule has 1 amide bonds. The van der Waals surface area contributed by atoms with Gasteiger partial charge >= 0.3 is 0 Å². The van der Waals surface area contributed by atoms with Crippen LogP contribution in [0.25, 0.3) is 11.3 Å². The van der Waals surface area contributed by atoms with Crippen LogP contribution in [0, 0.1) is 6.92 Å². The first kappa shape index (κ1) is 18.9. The van der Waals surface area contributed by atoms with Gasteiger partial charge < -0.3 is 10.3 Å². The van der Waals surface area contributed by atoms with Crippen LogP contribution in [0.3, 0.4) is 0 Å². The number of carbonyl (C=O) groups excluding carboxylic acids is 1. The molecule has 4 nitrogen and oxygen atoms in total. The number of H-pyrrole nitrogens is 1. The lowest BCUT2D eigenvalue weighted by atomic mass is 10.1. The van der Waals surface area contributed by atoms with Crippen molar-refractivity contribution < 1.29 is 4.79 Å². The zero-order valence-electron chi connectivity index (χ0n) is 16.0. The molecule has 3 rings (SSSR count). The number of nitrogens with one attached hydrogen (secondary N) is 2. The number of benzene rings is 2. The summed E-state index contributed by atoms with van der Waals surface area (Å²) in [6, 6.07) is 18.5. The Morgan fingerprint density at radius 2 is 1.85 bits per heavy atom. The molecule has 1 heterocycles. The second-order valence-corrected chi connectivity index (χ2v) is 6.92. The van der Waals surface area contributed by atoms with Crippen molar-refractivity contribution in [3.05, 3.63) is 77.7 Å². The lowest BCUT2D eigenvalue weighted by Crippen LogP contribution is -2.28. The molecule has 140 valence electrons. The van der Waals surface area contributed by atoms with E-state index in [0.29, 0.717) is 6.42 Å². The highest BCUT2D eigenvalue weighted by Gasteiger charge is 2.16. The third kappa shape index (κ3) is 5.30. The minimum absolute atomic E-state index is 0.0756. The molecular weight excluding hydrogens is 334 g/mol. The monoisotopic (exact) mass is 361 g/mol. The fraction of sp³-hybridized carbons (Fsp3) is 0.304. The first-order chi connectivity index (χ1) is 13.2. The number of rotatable bonds is 8. The van der Waals surface area contributed by atoms with Gasteiger partial charge in [-0.15, -0.1) is 0 Å². The maximum Gasteiger partial charge on any atom is 0.220 e. The van der Waals surface area contributed by atoms with Crippen LogP contribution in [0.4, 0.5) is 0 Å². The highest BCUT2D eigenvalue weighted by molar-refractivity contribution is 5.76. The zero-order chi connectivity index (χ0) is 19.1. The molecule has 4 heteroatoms. The van der Waals surface area contributed by atoms with Gasteiger partial charge in [-0.1, -0.05) is 67.1 Å². The third-order valence-electron chi connectivity index (χ3n) is 4.74. The number of nitrogens with zero attached hydrogens (tertiary/aromatic N) is 1. The van der Waals surface area contributed by atoms with Crippen molar-refractivity contribution in [2.45, 2.75) is 45.6 Å². The van der Waals surface area contributed by atoms with Crippen molar-refractivity contribution in [3.8, 4) is 11.3 Å². The lowest BCUT2D eigenvalue weighted by Gasteiger charge is -2.14. The molecule has 0 saturated heterocycles. The van der Waals surface area contributed by atoms with Crippen LogP contribution >= 0.6 is 0 Å². The van der Waals surface area contributed by atoms with Gasteiger partial charge in [-0.2, -0.15) is 0 Å². The van der Waals surface area contributed by atoms with Gasteiger partial charge in [0.1, 0.15) is 5.82 Å². The minimum Gasteiger partial charge on any atom is -0.346 e. The van der Waals surface area contributed by atoms with Crippen LogP contribution in [0.1, 0.15) is 49.2 Å². The van der Waals surface area contributed by atoms with E-state index < -0.39 is 0 Å². The number of imidazole rings is 1. The Hall–Kier alpha value is -2.88. The maximum atomic E-state index is 12.4. The molecular formula is C23H27N3O. The molecule has 1 atom stereocenters. The number of amides is 1. The van der Waals surface area contributed by atoms with Crippen LogP contribution in [-0.4, -0.2) is 15.9 Å². The predicted octanol–water partition coefficient (Wildman–Crippen LogP) is 4.98. The average Bonchev–Trinajstić information content (AvgIpc) is 3.18. The number of carbonyl (C=O) groups is 1. The maximum absolute atomic E-state index is 12.4. The summed E-state index contributed by atoms with van der Waals surface area (Å²) in [5.74, 6) is 0.884. The summed E-state index contributed by atoms with van der Waals surface area (Å²) >= 11 is 0. The Morgan fingerprint density at radius 1 is 1.11 bits per heavy atom. The first-order valence-corrected chi connectivity index (χ1v) is 9.61. The van der Waals surface area contributed by atoms with Crippen LogP contribution in [0.5, 0.6) is 0 Å². The summed E-state index contributed by atoms with van der Waals surface area (Å²) in [7, 11) is 0. The summed E-state index contributed by atoms with van der Waals surface area (Å²) in [5, 5.41) is 3.11. The Morgan fingerprint density at radius 3 is 2.56 bits per heavy atom. The fourth-order valence-corrected chi connectivity index (χ4v) is 3.12. The van der Waals surface area contributed by atoms with E-state index in [-0.39, 0.29) is 11.9 Å². The molecule has 0 saturated carbocycles. The first-order valence-electron chi connectivity index (χ1n) is 9.61. The van der Waals surface area contributed by atoms with Crippen molar-refractivity contribution in [3.63, 3.8) is 0 Å². The molecule has 0 spiro atoms. The number of aryl methyl sites for hydroxylation is 2. The van der Waals surface area contributed by atoms with E-state index in [9.17, 15) is 4.79 Å². The highest BCUT2D eigenvalue weighted by atomic mass is 16.1. The van der Waals surface area contributed by atoms with Gasteiger partial charge in [0.25, 0.3) is 0 Å². The lowest BCUT2D eigenvalue weighted by molar-refractivity contribution is -0.122. The summed E-state index contributed by atoms with van der Waals surface area (Å²) in [5.41, 5.74) is 4.60. The Balaban J connectivity index is 1.53. The number of aromatic nitrogens is 2. The molecule has 0 radical (unpaired) electrons. The minimum atomic E-state index is -0.0886. The predicted molar refractivity (Wildman–Crippen MR) is 109 cm³/mol. The Bertz CT molecular complexity index is 853. The molecule has 2 aromatic carbocycles. The van der Waals surface area contributed by atoms with Crippen LogP contribution in [0.15, 0.2) is 60.8 Å². The molecule has 0 bridgehead atoms. The standard InChI is InChI=1S/C23H27N3O/c1-3-20(23-24-16-21(26-23)19-9-5-4-6-10-19)25-22(27)11-7-8-18-14-12-17(2)13-15-18/h4-6,9-10,12-16,20H,3,7-8,11H2,1-2H3,(H,24,26)(H,25,27). The largest absolute Gasteiger partial charge is 0.346 e. The van der Waals surface area contributed by atoms with Gasteiger partial charge in [0.05, 0.1) is 17.9 Å². The number of hydrogen-bond donors (Lipinski definition) is 2. The second kappa shape index (κ2) is 9.17. The van der Waals surface area contributed by atoms with Crippen molar-refractivity contribution in [1.29, 1.82) is 0 Å². The SMILES string of the molecule is CCC(NC(=O)CCCc1ccc(C)cc1)c1ncc(-c2ccccc2)[nH]1. The zero-order valence-corrected chi connectivity index (χ0v) is 16.0. The van der Waals surface area contributed by atoms with E-state index in [4.69, 9.17) is 0 Å². The number of hydrogen-bond acceptors (Lipinski definition) is 2. The van der Waals surface area contributed by atoms with Gasteiger partial charge in [-0.25, -0.2) is 4.98 Å². The molecule has 0 fully saturated rings. The molecule has 1 aromatic heterocycles. The van der Waals surface area contributed by atoms with Gasteiger partial charge in [0.2, 0.25) is 5.91 Å². The van der Waals surface area contributed by atoms with E-state index in [2.05, 4.69) is 53.4 Å². The summed E-state index contributed by atoms with van der Waals surface area (Å²) in [4.78, 5) is 20.2. The van der Waals surface area contributed by atoms with Gasteiger partial charge in [0.15, 0.2) is 0 Å². The van der Waals surface area contributed by atoms with E-state index in [1.54, 1.807) is 0 Å². The summed E-state index contributed by atoms with van der Waals surface area (Å²) < 4.78 is 0. The molecule has 27 heavy (non-hydrogen) atoms. The normalized spacial score (nSPS) is 11.9. The van der Waals surface area contributed by atoms with Crippen LogP contribution in [0.2, 0.25) is 0 Å². The topological polar surface area (TPSA) is 57.8 Å². The van der Waals surface area contributed by atoms with E-state index in [0.717, 1.165) is 36.3 Å². The second-order valence-electron chi connectivity index (χ2n) is 6.92. The molecule has 0 aliphatic carbocycles. The average molecular weight is 361 g/mol. The molecule has 0 aliphatic rings. The Kier molecular flexibility index (Phi) is 6.42. The molecule has 0 aliphatic heterocycles. The van der Waals surface area contributed by atoms with Crippen molar-refractivity contribution in [2.24, 2.45) is 0 Å². The van der Waals surface area contributed by atoms with Crippen LogP contribution in [-0.2, 0) is 11.2 Å². The van der Waals surface area contributed by atoms with Gasteiger partial charge in [0, 0.05) is 6.42 Å². The van der Waals surface area contributed by atoms with Gasteiger partial charge in [-0.05, 0) is 37.3 Å². The number of aromatic amines is 1. The molecule has 2 N–H and O–H groups in total. The highest BCUT2D eigenvalue weighted by Crippen LogP contribution is 2.20. The van der Waals surface area contributed by atoms with E-state index in [1.807, 2.05) is 36.5 Å². The Labute approximate surface area is 161 Å². The van der Waals surface area contributed by atoms with E-state index >= 15 is 0 Å². The van der Waals surface area contributed by atoms with Crippen molar-refractivity contribution in [1.82, 2.24) is 15.3 Å². The summed E-state index contributed by atoms with van der Waals surface area (Å²) in [6.07, 6.45) is 4.92. The van der Waals surface area contributed by atoms with Crippen molar-refractivity contribution in [2.75, 3.05) is 0 Å². The molecule has 3 aromatic rings. The van der Waals surface area contributed by atoms with Gasteiger partial charge in [-0.3, -0.25) is 4.79 Å². The molecule has 1 unspecified atom stereocenters. The van der Waals surface area contributed by atoms with Crippen LogP contribution < -0.4 is 5.32 Å². The smallest absolute Gasteiger partial charge is 0.220 e. The quantitative estimate of drug-likeness (QED) is 0.595.